The summed E-state index contributed by atoms with van der Waals surface area (Å²) in [6.45, 7) is 4.66. The summed E-state index contributed by atoms with van der Waals surface area (Å²) in [7, 11) is 0. The molecular weight excluding hydrogens is 258 g/mol. The van der Waals surface area contributed by atoms with Crippen LogP contribution >= 0.6 is 0 Å². The highest BCUT2D eigenvalue weighted by atomic mass is 15.2. The Morgan fingerprint density at radius 2 is 1.90 bits per heavy atom. The maximum absolute atomic E-state index is 4.68. The second-order valence-electron chi connectivity index (χ2n) is 6.66. The Bertz CT molecular complexity index is 423. The van der Waals surface area contributed by atoms with Gasteiger partial charge in [0.15, 0.2) is 0 Å². The Balaban J connectivity index is 1.61. The summed E-state index contributed by atoms with van der Waals surface area (Å²) >= 11 is 0. The quantitative estimate of drug-likeness (QED) is 0.886. The smallest absolute Gasteiger partial charge is 0.128 e. The van der Waals surface area contributed by atoms with Gasteiger partial charge < -0.3 is 10.2 Å². The number of nitrogens with one attached hydrogen (secondary N) is 1. The molecule has 2 fully saturated rings. The lowest BCUT2D eigenvalue weighted by Gasteiger charge is -2.32. The Kier molecular flexibility index (Phi) is 5.00. The number of pyridine rings is 1. The van der Waals surface area contributed by atoms with Crippen molar-refractivity contribution in [2.45, 2.75) is 64.3 Å². The molecule has 1 aliphatic heterocycles. The second-order valence-corrected chi connectivity index (χ2v) is 6.66. The van der Waals surface area contributed by atoms with Gasteiger partial charge in [0.25, 0.3) is 0 Å². The number of hydrogen-bond acceptors (Lipinski definition) is 3. The number of piperidine rings is 1. The van der Waals surface area contributed by atoms with E-state index in [2.05, 4.69) is 34.3 Å². The summed E-state index contributed by atoms with van der Waals surface area (Å²) < 4.78 is 0. The van der Waals surface area contributed by atoms with E-state index in [-0.39, 0.29) is 0 Å². The van der Waals surface area contributed by atoms with Crippen LogP contribution in [0.4, 0.5) is 11.5 Å². The molecule has 2 unspecified atom stereocenters. The monoisotopic (exact) mass is 287 g/mol. The first kappa shape index (κ1) is 14.7. The average molecular weight is 287 g/mol. The zero-order valence-electron chi connectivity index (χ0n) is 13.4. The second kappa shape index (κ2) is 7.15. The molecule has 116 valence electrons. The topological polar surface area (TPSA) is 28.2 Å². The number of nitrogens with zero attached hydrogens (tertiary/aromatic N) is 2. The van der Waals surface area contributed by atoms with Crippen molar-refractivity contribution < 1.29 is 0 Å². The van der Waals surface area contributed by atoms with Crippen LogP contribution in [0, 0.1) is 5.92 Å². The maximum Gasteiger partial charge on any atom is 0.128 e. The van der Waals surface area contributed by atoms with Gasteiger partial charge in [-0.15, -0.1) is 0 Å². The maximum atomic E-state index is 4.68. The molecule has 0 spiro atoms. The van der Waals surface area contributed by atoms with E-state index in [9.17, 15) is 0 Å². The fourth-order valence-corrected chi connectivity index (χ4v) is 3.88. The van der Waals surface area contributed by atoms with Gasteiger partial charge in [0, 0.05) is 19.1 Å². The van der Waals surface area contributed by atoms with Gasteiger partial charge in [-0.25, -0.2) is 4.98 Å². The first-order valence-electron chi connectivity index (χ1n) is 8.84. The lowest BCUT2D eigenvalue weighted by Crippen LogP contribution is -2.32. The Morgan fingerprint density at radius 1 is 1.10 bits per heavy atom. The van der Waals surface area contributed by atoms with Crippen LogP contribution in [0.15, 0.2) is 18.3 Å². The molecule has 2 atom stereocenters. The van der Waals surface area contributed by atoms with Gasteiger partial charge in [-0.3, -0.25) is 0 Å². The fraction of sp³-hybridized carbons (Fsp3) is 0.722. The van der Waals surface area contributed by atoms with Crippen LogP contribution < -0.4 is 10.2 Å². The molecule has 1 saturated carbocycles. The molecule has 0 aromatic carbocycles. The molecule has 1 aromatic heterocycles. The zero-order valence-corrected chi connectivity index (χ0v) is 13.4. The van der Waals surface area contributed by atoms with Crippen LogP contribution in [-0.4, -0.2) is 24.1 Å². The molecule has 1 aliphatic carbocycles. The minimum absolute atomic E-state index is 0.645. The highest BCUT2D eigenvalue weighted by Crippen LogP contribution is 2.29. The number of aromatic nitrogens is 1. The molecule has 3 heteroatoms. The Hall–Kier alpha value is -1.25. The largest absolute Gasteiger partial charge is 0.381 e. The number of hydrogen-bond donors (Lipinski definition) is 1. The van der Waals surface area contributed by atoms with Crippen LogP contribution in [0.1, 0.15) is 58.3 Å². The van der Waals surface area contributed by atoms with E-state index >= 15 is 0 Å². The van der Waals surface area contributed by atoms with Gasteiger partial charge in [-0.1, -0.05) is 26.2 Å². The summed E-state index contributed by atoms with van der Waals surface area (Å²) in [4.78, 5) is 7.10. The summed E-state index contributed by atoms with van der Waals surface area (Å²) in [5, 5.41) is 3.73. The Morgan fingerprint density at radius 3 is 2.62 bits per heavy atom. The van der Waals surface area contributed by atoms with Crippen molar-refractivity contribution in [1.29, 1.82) is 0 Å². The van der Waals surface area contributed by atoms with Crippen molar-refractivity contribution in [3.8, 4) is 0 Å². The summed E-state index contributed by atoms with van der Waals surface area (Å²) in [5.41, 5.74) is 1.20. The van der Waals surface area contributed by atoms with Crippen molar-refractivity contribution in [1.82, 2.24) is 4.98 Å². The lowest BCUT2D eigenvalue weighted by molar-refractivity contribution is 0.317. The summed E-state index contributed by atoms with van der Waals surface area (Å²) in [6.07, 6.45) is 12.8. The van der Waals surface area contributed by atoms with Crippen LogP contribution in [0.25, 0.3) is 0 Å². The fourth-order valence-electron chi connectivity index (χ4n) is 3.88. The van der Waals surface area contributed by atoms with Crippen molar-refractivity contribution in [2.24, 2.45) is 5.92 Å². The van der Waals surface area contributed by atoms with E-state index in [0.717, 1.165) is 11.7 Å². The van der Waals surface area contributed by atoms with Crippen molar-refractivity contribution in [3.05, 3.63) is 18.3 Å². The standard InChI is InChI=1S/C18H29N3/c1-2-15-8-4-5-9-17(15)20-16-10-11-18(19-14-16)21-12-6-3-7-13-21/h10-11,14-15,17,20H,2-9,12-13H2,1H3. The predicted molar refractivity (Wildman–Crippen MR) is 90.0 cm³/mol. The molecule has 21 heavy (non-hydrogen) atoms. The van der Waals surface area contributed by atoms with Crippen molar-refractivity contribution in [3.63, 3.8) is 0 Å². The predicted octanol–water partition coefficient (Wildman–Crippen LogP) is 4.45. The molecule has 3 rings (SSSR count). The van der Waals surface area contributed by atoms with E-state index in [1.165, 1.54) is 70.1 Å². The third-order valence-electron chi connectivity index (χ3n) is 5.21. The number of rotatable bonds is 4. The van der Waals surface area contributed by atoms with Crippen LogP contribution in [0.5, 0.6) is 0 Å². The van der Waals surface area contributed by atoms with Gasteiger partial charge in [0.2, 0.25) is 0 Å². The van der Waals surface area contributed by atoms with Gasteiger partial charge >= 0.3 is 0 Å². The summed E-state index contributed by atoms with van der Waals surface area (Å²) in [5.74, 6) is 1.98. The third-order valence-corrected chi connectivity index (χ3v) is 5.21. The van der Waals surface area contributed by atoms with E-state index in [1.807, 2.05) is 6.20 Å². The van der Waals surface area contributed by atoms with Crippen LogP contribution in [0.3, 0.4) is 0 Å². The summed E-state index contributed by atoms with van der Waals surface area (Å²) in [6, 6.07) is 5.06. The van der Waals surface area contributed by atoms with E-state index in [1.54, 1.807) is 0 Å². The first-order valence-corrected chi connectivity index (χ1v) is 8.84. The van der Waals surface area contributed by atoms with Gasteiger partial charge in [0.05, 0.1) is 11.9 Å². The molecule has 2 aliphatic rings. The molecular formula is C18H29N3. The lowest BCUT2D eigenvalue weighted by atomic mass is 9.83. The van der Waals surface area contributed by atoms with Crippen molar-refractivity contribution >= 4 is 11.5 Å². The van der Waals surface area contributed by atoms with Crippen LogP contribution in [-0.2, 0) is 0 Å². The first-order chi connectivity index (χ1) is 10.4. The highest BCUT2D eigenvalue weighted by Gasteiger charge is 2.23. The van der Waals surface area contributed by atoms with Gasteiger partial charge in [-0.05, 0) is 50.2 Å². The molecule has 1 N–H and O–H groups in total. The minimum Gasteiger partial charge on any atom is -0.381 e. The molecule has 1 saturated heterocycles. The zero-order chi connectivity index (χ0) is 14.5. The Labute approximate surface area is 129 Å². The highest BCUT2D eigenvalue weighted by molar-refractivity contribution is 5.49. The number of anilines is 2. The molecule has 1 aromatic rings. The average Bonchev–Trinajstić information content (AvgIpc) is 2.57. The van der Waals surface area contributed by atoms with Gasteiger partial charge in [0.1, 0.15) is 5.82 Å². The van der Waals surface area contributed by atoms with Gasteiger partial charge in [-0.2, -0.15) is 0 Å². The van der Waals surface area contributed by atoms with Crippen molar-refractivity contribution in [2.75, 3.05) is 23.3 Å². The van der Waals surface area contributed by atoms with E-state index in [4.69, 9.17) is 0 Å². The minimum atomic E-state index is 0.645. The van der Waals surface area contributed by atoms with E-state index in [0.29, 0.717) is 6.04 Å². The normalized spacial score (nSPS) is 26.6. The molecule has 0 radical (unpaired) electrons. The van der Waals surface area contributed by atoms with Crippen LogP contribution in [0.2, 0.25) is 0 Å². The molecule has 2 heterocycles. The SMILES string of the molecule is CCC1CCCCC1Nc1ccc(N2CCCCC2)nc1. The molecule has 0 amide bonds. The molecule has 3 nitrogen and oxygen atoms in total. The van der Waals surface area contributed by atoms with E-state index < -0.39 is 0 Å². The third kappa shape index (κ3) is 3.69. The molecule has 0 bridgehead atoms.